The van der Waals surface area contributed by atoms with Crippen LogP contribution in [0, 0.1) is 0 Å². The first-order chi connectivity index (χ1) is 11.6. The van der Waals surface area contributed by atoms with Gasteiger partial charge in [0.1, 0.15) is 0 Å². The fraction of sp³-hybridized carbons (Fsp3) is 0.316. The van der Waals surface area contributed by atoms with Gasteiger partial charge in [-0.2, -0.15) is 0 Å². The van der Waals surface area contributed by atoms with Crippen LogP contribution in [0.25, 0.3) is 0 Å². The van der Waals surface area contributed by atoms with E-state index in [1.54, 1.807) is 6.07 Å². The fourth-order valence-corrected chi connectivity index (χ4v) is 3.40. The van der Waals surface area contributed by atoms with E-state index in [2.05, 4.69) is 4.90 Å². The number of hydrogen-bond acceptors (Lipinski definition) is 2. The molecule has 1 amide bonds. The highest BCUT2D eigenvalue weighted by Gasteiger charge is 2.21. The smallest absolute Gasteiger partial charge is 0.227 e. The second kappa shape index (κ2) is 8.02. The number of carbonyl (C=O) groups excluding carboxylic acids is 1. The molecule has 126 valence electrons. The molecule has 2 aromatic carbocycles. The van der Waals surface area contributed by atoms with Crippen LogP contribution < -0.4 is 0 Å². The van der Waals surface area contributed by atoms with Gasteiger partial charge in [0, 0.05) is 42.8 Å². The molecule has 0 spiro atoms. The number of amides is 1. The SMILES string of the molecule is O=C(Cc1ccccc1)N1CCN(Cc2ccc(Cl)cc2Cl)CC1. The Morgan fingerprint density at radius 2 is 1.67 bits per heavy atom. The van der Waals surface area contributed by atoms with Crippen LogP contribution in [0.1, 0.15) is 11.1 Å². The van der Waals surface area contributed by atoms with E-state index in [1.807, 2.05) is 47.4 Å². The van der Waals surface area contributed by atoms with Crippen molar-refractivity contribution in [3.05, 3.63) is 69.7 Å². The molecule has 0 unspecified atom stereocenters. The van der Waals surface area contributed by atoms with Crippen molar-refractivity contribution in [2.24, 2.45) is 0 Å². The molecule has 0 N–H and O–H groups in total. The van der Waals surface area contributed by atoms with Crippen molar-refractivity contribution in [2.45, 2.75) is 13.0 Å². The Labute approximate surface area is 152 Å². The molecular formula is C19H20Cl2N2O. The summed E-state index contributed by atoms with van der Waals surface area (Å²) in [4.78, 5) is 16.7. The van der Waals surface area contributed by atoms with E-state index in [1.165, 1.54) is 0 Å². The highest BCUT2D eigenvalue weighted by atomic mass is 35.5. The van der Waals surface area contributed by atoms with Gasteiger partial charge in [0.2, 0.25) is 5.91 Å². The maximum atomic E-state index is 12.4. The van der Waals surface area contributed by atoms with Gasteiger partial charge >= 0.3 is 0 Å². The Hall–Kier alpha value is -1.55. The van der Waals surface area contributed by atoms with Crippen molar-refractivity contribution in [3.8, 4) is 0 Å². The number of rotatable bonds is 4. The number of hydrogen-bond donors (Lipinski definition) is 0. The zero-order valence-corrected chi connectivity index (χ0v) is 14.9. The Morgan fingerprint density at radius 3 is 2.33 bits per heavy atom. The molecule has 0 aromatic heterocycles. The maximum Gasteiger partial charge on any atom is 0.227 e. The van der Waals surface area contributed by atoms with E-state index in [-0.39, 0.29) is 5.91 Å². The molecule has 3 nitrogen and oxygen atoms in total. The lowest BCUT2D eigenvalue weighted by Crippen LogP contribution is -2.48. The first-order valence-corrected chi connectivity index (χ1v) is 8.85. The summed E-state index contributed by atoms with van der Waals surface area (Å²) in [6, 6.07) is 15.5. The van der Waals surface area contributed by atoms with Crippen LogP contribution in [-0.4, -0.2) is 41.9 Å². The third-order valence-electron chi connectivity index (χ3n) is 4.33. The van der Waals surface area contributed by atoms with Crippen molar-refractivity contribution >= 4 is 29.1 Å². The predicted octanol–water partition coefficient (Wildman–Crippen LogP) is 3.88. The molecular weight excluding hydrogens is 343 g/mol. The number of nitrogens with zero attached hydrogens (tertiary/aromatic N) is 2. The third-order valence-corrected chi connectivity index (χ3v) is 4.92. The zero-order valence-electron chi connectivity index (χ0n) is 13.4. The lowest BCUT2D eigenvalue weighted by Gasteiger charge is -2.35. The van der Waals surface area contributed by atoms with Gasteiger partial charge in [-0.15, -0.1) is 0 Å². The Balaban J connectivity index is 1.51. The quantitative estimate of drug-likeness (QED) is 0.823. The van der Waals surface area contributed by atoms with Crippen LogP contribution in [0.2, 0.25) is 10.0 Å². The van der Waals surface area contributed by atoms with Crippen LogP contribution in [0.15, 0.2) is 48.5 Å². The molecule has 1 aliphatic rings. The molecule has 1 aliphatic heterocycles. The molecule has 1 fully saturated rings. The molecule has 24 heavy (non-hydrogen) atoms. The van der Waals surface area contributed by atoms with Crippen molar-refractivity contribution in [3.63, 3.8) is 0 Å². The summed E-state index contributed by atoms with van der Waals surface area (Å²) in [5, 5.41) is 1.35. The van der Waals surface area contributed by atoms with Gasteiger partial charge < -0.3 is 4.90 Å². The van der Waals surface area contributed by atoms with Gasteiger partial charge in [0.25, 0.3) is 0 Å². The van der Waals surface area contributed by atoms with Gasteiger partial charge in [-0.1, -0.05) is 59.6 Å². The van der Waals surface area contributed by atoms with Crippen LogP contribution >= 0.6 is 23.2 Å². The molecule has 0 atom stereocenters. The van der Waals surface area contributed by atoms with E-state index in [0.29, 0.717) is 16.5 Å². The zero-order chi connectivity index (χ0) is 16.9. The highest BCUT2D eigenvalue weighted by molar-refractivity contribution is 6.35. The summed E-state index contributed by atoms with van der Waals surface area (Å²) < 4.78 is 0. The van der Waals surface area contributed by atoms with Gasteiger partial charge in [-0.05, 0) is 23.3 Å². The average molecular weight is 363 g/mol. The van der Waals surface area contributed by atoms with E-state index in [0.717, 1.165) is 43.9 Å². The molecule has 2 aromatic rings. The first-order valence-electron chi connectivity index (χ1n) is 8.10. The summed E-state index contributed by atoms with van der Waals surface area (Å²) in [6.07, 6.45) is 0.476. The minimum atomic E-state index is 0.199. The van der Waals surface area contributed by atoms with E-state index in [9.17, 15) is 4.79 Å². The summed E-state index contributed by atoms with van der Waals surface area (Å²) in [6.45, 7) is 4.03. The fourth-order valence-electron chi connectivity index (χ4n) is 2.93. The van der Waals surface area contributed by atoms with Crippen LogP contribution in [0.3, 0.4) is 0 Å². The van der Waals surface area contributed by atoms with E-state index in [4.69, 9.17) is 23.2 Å². The molecule has 5 heteroatoms. The van der Waals surface area contributed by atoms with Crippen molar-refractivity contribution in [1.29, 1.82) is 0 Å². The van der Waals surface area contributed by atoms with Gasteiger partial charge in [-0.3, -0.25) is 9.69 Å². The first kappa shape index (κ1) is 17.3. The van der Waals surface area contributed by atoms with Crippen LogP contribution in [0.5, 0.6) is 0 Å². The third kappa shape index (κ3) is 4.50. The predicted molar refractivity (Wildman–Crippen MR) is 98.5 cm³/mol. The second-order valence-corrected chi connectivity index (χ2v) is 6.90. The molecule has 0 saturated carbocycles. The monoisotopic (exact) mass is 362 g/mol. The van der Waals surface area contributed by atoms with E-state index < -0.39 is 0 Å². The van der Waals surface area contributed by atoms with Crippen LogP contribution in [0.4, 0.5) is 0 Å². The molecule has 0 bridgehead atoms. The van der Waals surface area contributed by atoms with Gasteiger partial charge in [-0.25, -0.2) is 0 Å². The minimum absolute atomic E-state index is 0.199. The summed E-state index contributed by atoms with van der Waals surface area (Å²) in [7, 11) is 0. The summed E-state index contributed by atoms with van der Waals surface area (Å²) >= 11 is 12.2. The Bertz CT molecular complexity index is 698. The van der Waals surface area contributed by atoms with Crippen molar-refractivity contribution in [1.82, 2.24) is 9.80 Å². The molecule has 1 saturated heterocycles. The molecule has 1 heterocycles. The molecule has 3 rings (SSSR count). The number of benzene rings is 2. The topological polar surface area (TPSA) is 23.6 Å². The number of carbonyl (C=O) groups is 1. The lowest BCUT2D eigenvalue weighted by molar-refractivity contribution is -0.132. The normalized spacial score (nSPS) is 15.5. The second-order valence-electron chi connectivity index (χ2n) is 6.06. The lowest BCUT2D eigenvalue weighted by atomic mass is 10.1. The largest absolute Gasteiger partial charge is 0.340 e. The summed E-state index contributed by atoms with van der Waals surface area (Å²) in [5.74, 6) is 0.199. The maximum absolute atomic E-state index is 12.4. The average Bonchev–Trinajstić information content (AvgIpc) is 2.59. The Kier molecular flexibility index (Phi) is 5.77. The van der Waals surface area contributed by atoms with Crippen molar-refractivity contribution < 1.29 is 4.79 Å². The Morgan fingerprint density at radius 1 is 0.958 bits per heavy atom. The van der Waals surface area contributed by atoms with Gasteiger partial charge in [0.15, 0.2) is 0 Å². The summed E-state index contributed by atoms with van der Waals surface area (Å²) in [5.41, 5.74) is 2.14. The highest BCUT2D eigenvalue weighted by Crippen LogP contribution is 2.22. The standard InChI is InChI=1S/C19H20Cl2N2O/c20-17-7-6-16(18(21)13-17)14-22-8-10-23(11-9-22)19(24)12-15-4-2-1-3-5-15/h1-7,13H,8-12,14H2. The number of piperazine rings is 1. The van der Waals surface area contributed by atoms with Gasteiger partial charge in [0.05, 0.1) is 6.42 Å². The minimum Gasteiger partial charge on any atom is -0.340 e. The molecule has 0 aliphatic carbocycles. The van der Waals surface area contributed by atoms with Crippen LogP contribution in [-0.2, 0) is 17.8 Å². The van der Waals surface area contributed by atoms with E-state index >= 15 is 0 Å². The molecule has 0 radical (unpaired) electrons. The number of halogens is 2. The van der Waals surface area contributed by atoms with Crippen molar-refractivity contribution in [2.75, 3.05) is 26.2 Å².